The molecule has 0 radical (unpaired) electrons. The average molecular weight is 363 g/mol. The highest BCUT2D eigenvalue weighted by atomic mass is 16.6. The number of ether oxygens (including phenoxy) is 2. The second-order valence-electron chi connectivity index (χ2n) is 5.54. The van der Waals surface area contributed by atoms with Crippen LogP contribution in [0, 0.1) is 10.1 Å². The van der Waals surface area contributed by atoms with Crippen molar-refractivity contribution in [1.29, 1.82) is 0 Å². The molecule has 2 rings (SSSR count). The first-order valence-electron chi connectivity index (χ1n) is 8.18. The maximum atomic E-state index is 12.5. The van der Waals surface area contributed by atoms with Gasteiger partial charge in [0.15, 0.2) is 0 Å². The third-order valence-corrected chi connectivity index (χ3v) is 3.87. The van der Waals surface area contributed by atoms with Crippen molar-refractivity contribution in [3.8, 4) is 0 Å². The van der Waals surface area contributed by atoms with Gasteiger partial charge < -0.3 is 14.8 Å². The Morgan fingerprint density at radius 1 is 1.35 bits per heavy atom. The van der Waals surface area contributed by atoms with Crippen LogP contribution < -0.4 is 5.32 Å². The lowest BCUT2D eigenvalue weighted by Gasteiger charge is -2.37. The zero-order valence-electron chi connectivity index (χ0n) is 14.9. The molecule has 2 amide bonds. The lowest BCUT2D eigenvalue weighted by Crippen LogP contribution is -2.49. The van der Waals surface area contributed by atoms with Gasteiger partial charge in [-0.25, -0.2) is 9.59 Å². The number of rotatable bonds is 7. The van der Waals surface area contributed by atoms with Crippen LogP contribution in [0.3, 0.4) is 0 Å². The van der Waals surface area contributed by atoms with Gasteiger partial charge in [-0.1, -0.05) is 12.1 Å². The van der Waals surface area contributed by atoms with Crippen molar-refractivity contribution in [3.63, 3.8) is 0 Å². The largest absolute Gasteiger partial charge is 0.463 e. The van der Waals surface area contributed by atoms with E-state index in [-0.39, 0.29) is 24.6 Å². The molecule has 0 bridgehead atoms. The number of hydrogen-bond donors (Lipinski definition) is 1. The number of nitro benzene ring substituents is 1. The Labute approximate surface area is 150 Å². The molecule has 0 fully saturated rings. The number of nitro groups is 1. The summed E-state index contributed by atoms with van der Waals surface area (Å²) in [7, 11) is 0. The van der Waals surface area contributed by atoms with E-state index in [4.69, 9.17) is 9.47 Å². The van der Waals surface area contributed by atoms with Gasteiger partial charge in [0.1, 0.15) is 6.73 Å². The minimum absolute atomic E-state index is 0.0775. The summed E-state index contributed by atoms with van der Waals surface area (Å²) in [5.41, 5.74) is 0.853. The van der Waals surface area contributed by atoms with E-state index in [0.29, 0.717) is 17.9 Å². The number of carbonyl (C=O) groups is 2. The molecule has 9 heteroatoms. The van der Waals surface area contributed by atoms with Gasteiger partial charge in [0.2, 0.25) is 0 Å². The van der Waals surface area contributed by atoms with E-state index in [1.54, 1.807) is 26.8 Å². The van der Waals surface area contributed by atoms with Gasteiger partial charge in [-0.3, -0.25) is 15.0 Å². The van der Waals surface area contributed by atoms with E-state index in [2.05, 4.69) is 5.32 Å². The molecule has 0 aromatic heterocycles. The molecule has 0 aliphatic carbocycles. The topological polar surface area (TPSA) is 111 Å². The fourth-order valence-electron chi connectivity index (χ4n) is 2.73. The predicted octanol–water partition coefficient (Wildman–Crippen LogP) is 2.49. The summed E-state index contributed by atoms with van der Waals surface area (Å²) >= 11 is 0. The highest BCUT2D eigenvalue weighted by molar-refractivity contribution is 5.95. The molecule has 1 atom stereocenters. The van der Waals surface area contributed by atoms with Gasteiger partial charge in [-0.05, 0) is 26.3 Å². The van der Waals surface area contributed by atoms with Crippen LogP contribution in [-0.2, 0) is 14.3 Å². The van der Waals surface area contributed by atoms with Crippen LogP contribution in [0.15, 0.2) is 35.5 Å². The van der Waals surface area contributed by atoms with Crippen LogP contribution in [-0.4, -0.2) is 41.8 Å². The number of esters is 1. The van der Waals surface area contributed by atoms with Crippen LogP contribution in [0.5, 0.6) is 0 Å². The van der Waals surface area contributed by atoms with Crippen LogP contribution in [0.2, 0.25) is 0 Å². The number of carbonyl (C=O) groups excluding carboxylic acids is 2. The van der Waals surface area contributed by atoms with E-state index in [1.807, 2.05) is 0 Å². The Kier molecular flexibility index (Phi) is 6.29. The molecule has 1 aliphatic rings. The number of allylic oxidation sites excluding steroid dienone is 1. The molecule has 1 aliphatic heterocycles. The minimum Gasteiger partial charge on any atom is -0.463 e. The number of hydrogen-bond acceptors (Lipinski definition) is 6. The number of nitrogens with zero attached hydrogens (tertiary/aromatic N) is 2. The average Bonchev–Trinajstić information content (AvgIpc) is 2.60. The van der Waals surface area contributed by atoms with Crippen molar-refractivity contribution in [3.05, 3.63) is 51.2 Å². The summed E-state index contributed by atoms with van der Waals surface area (Å²) in [5.74, 6) is -0.594. The number of nitrogens with one attached hydrogen (secondary N) is 1. The summed E-state index contributed by atoms with van der Waals surface area (Å²) in [6.07, 6.45) is 0. The molecule has 1 heterocycles. The van der Waals surface area contributed by atoms with Crippen molar-refractivity contribution in [2.45, 2.75) is 26.8 Å². The Balaban J connectivity index is 2.58. The molecule has 9 nitrogen and oxygen atoms in total. The van der Waals surface area contributed by atoms with Crippen LogP contribution in [0.4, 0.5) is 10.5 Å². The summed E-state index contributed by atoms with van der Waals surface area (Å²) < 4.78 is 10.5. The predicted molar refractivity (Wildman–Crippen MR) is 92.0 cm³/mol. The lowest BCUT2D eigenvalue weighted by molar-refractivity contribution is -0.384. The van der Waals surface area contributed by atoms with E-state index in [1.165, 1.54) is 23.1 Å². The maximum Gasteiger partial charge on any atom is 0.338 e. The maximum absolute atomic E-state index is 12.5. The standard InChI is InChI=1S/C17H21N3O6/c1-4-25-10-19-15(12-7-6-8-13(9-12)20(23)24)14(16(21)26-5-2)11(3)18-17(19)22/h6-9,15H,4-5,10H2,1-3H3,(H,18,22). The summed E-state index contributed by atoms with van der Waals surface area (Å²) in [6.45, 7) is 5.49. The smallest absolute Gasteiger partial charge is 0.338 e. The Morgan fingerprint density at radius 2 is 2.08 bits per heavy atom. The Hall–Kier alpha value is -2.94. The summed E-state index contributed by atoms with van der Waals surface area (Å²) in [6, 6.07) is 4.52. The van der Waals surface area contributed by atoms with Crippen LogP contribution in [0.1, 0.15) is 32.4 Å². The Morgan fingerprint density at radius 3 is 2.69 bits per heavy atom. The molecule has 0 saturated heterocycles. The van der Waals surface area contributed by atoms with Gasteiger partial charge in [0.05, 0.1) is 23.1 Å². The first kappa shape index (κ1) is 19.4. The first-order valence-corrected chi connectivity index (χ1v) is 8.18. The van der Waals surface area contributed by atoms with E-state index in [9.17, 15) is 19.7 Å². The molecular formula is C17H21N3O6. The summed E-state index contributed by atoms with van der Waals surface area (Å²) in [4.78, 5) is 36.9. The molecule has 1 unspecified atom stereocenters. The quantitative estimate of drug-likeness (QED) is 0.453. The monoisotopic (exact) mass is 363 g/mol. The molecular weight excluding hydrogens is 342 g/mol. The third kappa shape index (κ3) is 3.99. The molecule has 26 heavy (non-hydrogen) atoms. The number of urea groups is 1. The number of benzene rings is 1. The van der Waals surface area contributed by atoms with Crippen molar-refractivity contribution in [2.75, 3.05) is 19.9 Å². The SMILES string of the molecule is CCOCN1C(=O)NC(C)=C(C(=O)OCC)C1c1cccc([N+](=O)[O-])c1. The zero-order valence-corrected chi connectivity index (χ0v) is 14.9. The normalized spacial score (nSPS) is 17.1. The highest BCUT2D eigenvalue weighted by Gasteiger charge is 2.39. The molecule has 0 spiro atoms. The number of non-ortho nitro benzene ring substituents is 1. The lowest BCUT2D eigenvalue weighted by atomic mass is 9.94. The molecule has 0 saturated carbocycles. The van der Waals surface area contributed by atoms with Crippen LogP contribution in [0.25, 0.3) is 0 Å². The second-order valence-corrected chi connectivity index (χ2v) is 5.54. The van der Waals surface area contributed by atoms with E-state index >= 15 is 0 Å². The van der Waals surface area contributed by atoms with Crippen molar-refractivity contribution < 1.29 is 24.0 Å². The van der Waals surface area contributed by atoms with Gasteiger partial charge in [-0.15, -0.1) is 0 Å². The fourth-order valence-corrected chi connectivity index (χ4v) is 2.73. The van der Waals surface area contributed by atoms with Gasteiger partial charge >= 0.3 is 12.0 Å². The molecule has 1 N–H and O–H groups in total. The minimum atomic E-state index is -0.853. The van der Waals surface area contributed by atoms with Crippen molar-refractivity contribution in [1.82, 2.24) is 10.2 Å². The van der Waals surface area contributed by atoms with E-state index < -0.39 is 23.0 Å². The fraction of sp³-hybridized carbons (Fsp3) is 0.412. The molecule has 1 aromatic rings. The highest BCUT2D eigenvalue weighted by Crippen LogP contribution is 2.35. The molecule has 1 aromatic carbocycles. The van der Waals surface area contributed by atoms with E-state index in [0.717, 1.165) is 0 Å². The number of amides is 2. The molecule has 140 valence electrons. The zero-order chi connectivity index (χ0) is 19.3. The van der Waals surface area contributed by atoms with Crippen LogP contribution >= 0.6 is 0 Å². The van der Waals surface area contributed by atoms with Crippen molar-refractivity contribution >= 4 is 17.7 Å². The van der Waals surface area contributed by atoms with Gasteiger partial charge in [0, 0.05) is 24.4 Å². The van der Waals surface area contributed by atoms with Gasteiger partial charge in [0.25, 0.3) is 5.69 Å². The Bertz CT molecular complexity index is 746. The van der Waals surface area contributed by atoms with Gasteiger partial charge in [-0.2, -0.15) is 0 Å². The third-order valence-electron chi connectivity index (χ3n) is 3.87. The second kappa shape index (κ2) is 8.43. The first-order chi connectivity index (χ1) is 12.4. The summed E-state index contributed by atoms with van der Waals surface area (Å²) in [5, 5.41) is 13.7. The van der Waals surface area contributed by atoms with Crippen molar-refractivity contribution in [2.24, 2.45) is 0 Å².